The van der Waals surface area contributed by atoms with Gasteiger partial charge in [-0.05, 0) is 84.1 Å². The first-order valence-corrected chi connectivity index (χ1v) is 18.5. The second-order valence-corrected chi connectivity index (χ2v) is 14.8. The molecule has 0 unspecified atom stereocenters. The minimum atomic E-state index is -1.44. The number of anilines is 1. The molecule has 0 spiro atoms. The molecule has 3 aliphatic rings. The Labute approximate surface area is 312 Å². The molecule has 0 saturated carbocycles. The first kappa shape index (κ1) is 33.4. The lowest BCUT2D eigenvalue weighted by molar-refractivity contribution is 0.0842. The molecule has 10 nitrogen and oxygen atoms in total. The normalized spacial score (nSPS) is 15.2. The van der Waals surface area contributed by atoms with Crippen molar-refractivity contribution in [1.82, 2.24) is 15.0 Å². The van der Waals surface area contributed by atoms with Crippen LogP contribution in [-0.2, 0) is 0 Å². The molecule has 0 radical (unpaired) electrons. The van der Waals surface area contributed by atoms with Gasteiger partial charge in [-0.25, -0.2) is 14.9 Å². The zero-order valence-corrected chi connectivity index (χ0v) is 29.9. The van der Waals surface area contributed by atoms with E-state index in [2.05, 4.69) is 47.0 Å². The lowest BCUT2D eigenvalue weighted by Crippen LogP contribution is -2.41. The van der Waals surface area contributed by atoms with Gasteiger partial charge >= 0.3 is 0 Å². The van der Waals surface area contributed by atoms with E-state index in [9.17, 15) is 24.0 Å². The SMILES string of the molecule is CC(C)CSc1cc(C2=CCC=C2)ccc1N1C(=O)c2ccc3c4c(ccc(c24)C1=O)C(=O)C(c1nc2ccc(Oc4ccccn4)cc2c(=O)[nH]1)C3=O. The number of hydrogen-bond acceptors (Lipinski definition) is 9. The van der Waals surface area contributed by atoms with Crippen LogP contribution in [0.4, 0.5) is 5.69 Å². The molecular formula is C43H30N4O6S. The van der Waals surface area contributed by atoms with E-state index in [0.29, 0.717) is 23.2 Å². The van der Waals surface area contributed by atoms with Gasteiger partial charge in [0.1, 0.15) is 17.5 Å². The molecule has 2 aliphatic carbocycles. The molecule has 4 aromatic carbocycles. The Balaban J connectivity index is 1.09. The van der Waals surface area contributed by atoms with Crippen LogP contribution in [0.3, 0.4) is 0 Å². The largest absolute Gasteiger partial charge is 0.439 e. The van der Waals surface area contributed by atoms with Gasteiger partial charge in [-0.3, -0.25) is 24.0 Å². The van der Waals surface area contributed by atoms with Gasteiger partial charge in [0.2, 0.25) is 5.88 Å². The van der Waals surface area contributed by atoms with Crippen LogP contribution in [0, 0.1) is 5.92 Å². The number of ketones is 2. The number of allylic oxidation sites excluding steroid dienone is 4. The van der Waals surface area contributed by atoms with Crippen molar-refractivity contribution >= 4 is 68.1 Å². The number of aromatic nitrogens is 3. The maximum Gasteiger partial charge on any atom is 0.266 e. The molecule has 0 atom stereocenters. The highest BCUT2D eigenvalue weighted by atomic mass is 32.2. The minimum absolute atomic E-state index is 0.1000. The predicted molar refractivity (Wildman–Crippen MR) is 207 cm³/mol. The van der Waals surface area contributed by atoms with Crippen molar-refractivity contribution in [3.8, 4) is 11.6 Å². The number of nitrogens with one attached hydrogen (secondary N) is 1. The van der Waals surface area contributed by atoms with Gasteiger partial charge < -0.3 is 9.72 Å². The molecule has 1 aliphatic heterocycles. The van der Waals surface area contributed by atoms with Gasteiger partial charge in [-0.15, -0.1) is 11.8 Å². The molecule has 54 heavy (non-hydrogen) atoms. The highest BCUT2D eigenvalue weighted by Crippen LogP contribution is 2.44. The molecule has 2 aromatic heterocycles. The fourth-order valence-corrected chi connectivity index (χ4v) is 8.31. The van der Waals surface area contributed by atoms with Crippen molar-refractivity contribution in [2.45, 2.75) is 31.1 Å². The predicted octanol–water partition coefficient (Wildman–Crippen LogP) is 8.32. The highest BCUT2D eigenvalue weighted by molar-refractivity contribution is 7.99. The summed E-state index contributed by atoms with van der Waals surface area (Å²) in [5, 5.41) is 0.726. The van der Waals surface area contributed by atoms with Crippen molar-refractivity contribution in [3.63, 3.8) is 0 Å². The van der Waals surface area contributed by atoms with Crippen LogP contribution >= 0.6 is 11.8 Å². The number of rotatable bonds is 8. The second kappa shape index (κ2) is 12.9. The van der Waals surface area contributed by atoms with E-state index in [1.54, 1.807) is 60.4 Å². The number of H-pyrrole nitrogens is 1. The fraction of sp³-hybridized carbons (Fsp3) is 0.140. The molecule has 11 heteroatoms. The summed E-state index contributed by atoms with van der Waals surface area (Å²) in [4.78, 5) is 83.8. The lowest BCUT2D eigenvalue weighted by Gasteiger charge is -2.31. The average molecular weight is 731 g/mol. The number of nitrogens with zero attached hydrogens (tertiary/aromatic N) is 3. The number of pyridine rings is 1. The number of ether oxygens (including phenoxy) is 1. The Kier molecular flexibility index (Phi) is 7.97. The van der Waals surface area contributed by atoms with Crippen molar-refractivity contribution in [1.29, 1.82) is 0 Å². The Hall–Kier alpha value is -6.46. The molecule has 3 heterocycles. The number of carbonyl (C=O) groups excluding carboxylic acids is 4. The number of carbonyl (C=O) groups is 4. The third kappa shape index (κ3) is 5.38. The molecule has 264 valence electrons. The lowest BCUT2D eigenvalue weighted by atomic mass is 9.76. The number of benzene rings is 4. The zero-order chi connectivity index (χ0) is 37.2. The second-order valence-electron chi connectivity index (χ2n) is 13.8. The maximum absolute atomic E-state index is 14.4. The third-order valence-electron chi connectivity index (χ3n) is 9.79. The standard InChI is InChI=1S/C43H30N4O6S/c1-22(2)21-54-33-19-24(23-7-3-4-8-23)10-17-32(33)47-42(51)28-14-12-26-35-27(13-15-29(36(28)35)43(47)52)39(49)37(38(26)48)40-45-31-16-11-25(20-30(31)41(50)46-40)53-34-9-5-6-18-44-34/h3,5-20,22,37H,4,21H2,1-2H3,(H,45,46,50). The monoisotopic (exact) mass is 730 g/mol. The van der Waals surface area contributed by atoms with Crippen LogP contribution in [0.15, 0.2) is 113 Å². The Morgan fingerprint density at radius 2 is 1.57 bits per heavy atom. The van der Waals surface area contributed by atoms with Crippen molar-refractivity contribution in [3.05, 3.63) is 147 Å². The van der Waals surface area contributed by atoms with E-state index in [0.717, 1.165) is 28.2 Å². The molecular weight excluding hydrogens is 701 g/mol. The van der Waals surface area contributed by atoms with E-state index < -0.39 is 34.9 Å². The van der Waals surface area contributed by atoms with Crippen LogP contribution in [-0.4, -0.2) is 44.1 Å². The summed E-state index contributed by atoms with van der Waals surface area (Å²) in [5.41, 5.74) is 3.06. The van der Waals surface area contributed by atoms with Crippen LogP contribution in [0.1, 0.15) is 79.0 Å². The number of hydrogen-bond donors (Lipinski definition) is 1. The number of Topliss-reactive ketones (excluding diaryl/α,β-unsaturated/α-hetero) is 2. The average Bonchev–Trinajstić information content (AvgIpc) is 3.72. The topological polar surface area (TPSA) is 139 Å². The smallest absolute Gasteiger partial charge is 0.266 e. The van der Waals surface area contributed by atoms with Gasteiger partial charge in [0.05, 0.1) is 16.6 Å². The Morgan fingerprint density at radius 3 is 2.24 bits per heavy atom. The van der Waals surface area contributed by atoms with Crippen molar-refractivity contribution in [2.75, 3.05) is 10.7 Å². The van der Waals surface area contributed by atoms with Gasteiger partial charge in [0, 0.05) is 55.9 Å². The summed E-state index contributed by atoms with van der Waals surface area (Å²) in [5.74, 6) is -1.92. The first-order valence-electron chi connectivity index (χ1n) is 17.5. The molecule has 0 fully saturated rings. The molecule has 0 bridgehead atoms. The van der Waals surface area contributed by atoms with Gasteiger partial charge in [0.25, 0.3) is 17.4 Å². The summed E-state index contributed by atoms with van der Waals surface area (Å²) >= 11 is 1.59. The molecule has 9 rings (SSSR count). The van der Waals surface area contributed by atoms with Crippen LogP contribution in [0.25, 0.3) is 27.2 Å². The molecule has 0 saturated heterocycles. The minimum Gasteiger partial charge on any atom is -0.439 e. The quantitative estimate of drug-likeness (QED) is 0.0930. The Bertz CT molecular complexity index is 2700. The number of aromatic amines is 1. The third-order valence-corrected chi connectivity index (χ3v) is 11.3. The summed E-state index contributed by atoms with van der Waals surface area (Å²) in [6.07, 6.45) is 8.73. The van der Waals surface area contributed by atoms with Crippen molar-refractivity contribution in [2.24, 2.45) is 5.92 Å². The number of imide groups is 1. The summed E-state index contributed by atoms with van der Waals surface area (Å²) in [7, 11) is 0. The Morgan fingerprint density at radius 1 is 0.852 bits per heavy atom. The zero-order valence-electron chi connectivity index (χ0n) is 29.1. The molecule has 6 aromatic rings. The van der Waals surface area contributed by atoms with Crippen LogP contribution < -0.4 is 15.2 Å². The van der Waals surface area contributed by atoms with Gasteiger partial charge in [-0.1, -0.05) is 44.2 Å². The summed E-state index contributed by atoms with van der Waals surface area (Å²) in [6, 6.07) is 21.8. The first-order chi connectivity index (χ1) is 26.2. The maximum atomic E-state index is 14.4. The van der Waals surface area contributed by atoms with E-state index in [4.69, 9.17) is 4.74 Å². The van der Waals surface area contributed by atoms with Crippen LogP contribution in [0.5, 0.6) is 11.6 Å². The van der Waals surface area contributed by atoms with Crippen LogP contribution in [0.2, 0.25) is 0 Å². The number of thioether (sulfide) groups is 1. The number of amides is 2. The van der Waals surface area contributed by atoms with Crippen molar-refractivity contribution < 1.29 is 23.9 Å². The van der Waals surface area contributed by atoms with E-state index in [1.807, 2.05) is 18.2 Å². The van der Waals surface area contributed by atoms with Gasteiger partial charge in [-0.2, -0.15) is 0 Å². The fourth-order valence-electron chi connectivity index (χ4n) is 7.28. The molecule has 1 N–H and O–H groups in total. The van der Waals surface area contributed by atoms with E-state index in [1.165, 1.54) is 23.1 Å². The number of fused-ring (bicyclic) bond motifs is 1. The van der Waals surface area contributed by atoms with E-state index >= 15 is 0 Å². The molecule has 2 amide bonds. The van der Waals surface area contributed by atoms with E-state index in [-0.39, 0.29) is 49.8 Å². The highest BCUT2D eigenvalue weighted by Gasteiger charge is 2.43. The van der Waals surface area contributed by atoms with Gasteiger partial charge in [0.15, 0.2) is 11.6 Å². The summed E-state index contributed by atoms with van der Waals surface area (Å²) < 4.78 is 5.77. The summed E-state index contributed by atoms with van der Waals surface area (Å²) in [6.45, 7) is 4.23.